The normalized spacial score (nSPS) is 16.4. The summed E-state index contributed by atoms with van der Waals surface area (Å²) in [6, 6.07) is 6.69. The van der Waals surface area contributed by atoms with Gasteiger partial charge in [0.05, 0.1) is 23.4 Å². The number of ether oxygens (including phenoxy) is 1. The number of anilines is 1. The highest BCUT2D eigenvalue weighted by Crippen LogP contribution is 2.33. The van der Waals surface area contributed by atoms with Gasteiger partial charge in [0.25, 0.3) is 11.2 Å². The van der Waals surface area contributed by atoms with Crippen molar-refractivity contribution in [1.29, 1.82) is 0 Å². The summed E-state index contributed by atoms with van der Waals surface area (Å²) in [6.07, 6.45) is 1.11. The second kappa shape index (κ2) is 6.31. The molecular formula is C16H16FN3O4. The molecular weight excluding hydrogens is 317 g/mol. The van der Waals surface area contributed by atoms with E-state index in [2.05, 4.69) is 0 Å². The molecule has 24 heavy (non-hydrogen) atoms. The van der Waals surface area contributed by atoms with E-state index in [1.165, 1.54) is 35.0 Å². The molecule has 1 aromatic heterocycles. The minimum Gasteiger partial charge on any atom is -0.487 e. The fraction of sp³-hybridized carbons (Fsp3) is 0.312. The fourth-order valence-corrected chi connectivity index (χ4v) is 2.75. The van der Waals surface area contributed by atoms with Crippen molar-refractivity contribution in [1.82, 2.24) is 4.57 Å². The van der Waals surface area contributed by atoms with Gasteiger partial charge >= 0.3 is 0 Å². The summed E-state index contributed by atoms with van der Waals surface area (Å²) in [7, 11) is 0. The van der Waals surface area contributed by atoms with E-state index in [9.17, 15) is 19.3 Å². The van der Waals surface area contributed by atoms with Crippen LogP contribution in [-0.4, -0.2) is 28.7 Å². The van der Waals surface area contributed by atoms with E-state index in [-0.39, 0.29) is 29.7 Å². The molecule has 1 aliphatic rings. The smallest absolute Gasteiger partial charge is 0.285 e. The van der Waals surface area contributed by atoms with Crippen molar-refractivity contribution in [3.05, 3.63) is 62.8 Å². The molecule has 0 saturated carbocycles. The van der Waals surface area contributed by atoms with Crippen LogP contribution < -0.4 is 15.2 Å². The van der Waals surface area contributed by atoms with Crippen LogP contribution in [0.1, 0.15) is 6.92 Å². The van der Waals surface area contributed by atoms with Crippen molar-refractivity contribution in [3.8, 4) is 5.75 Å². The van der Waals surface area contributed by atoms with Gasteiger partial charge in [0.15, 0.2) is 0 Å². The topological polar surface area (TPSA) is 77.6 Å². The molecule has 2 heterocycles. The molecule has 0 aliphatic carbocycles. The van der Waals surface area contributed by atoms with Crippen LogP contribution >= 0.6 is 0 Å². The van der Waals surface area contributed by atoms with Crippen LogP contribution in [0, 0.1) is 15.9 Å². The average Bonchev–Trinajstić information content (AvgIpc) is 2.52. The third kappa shape index (κ3) is 3.22. The highest BCUT2D eigenvalue weighted by atomic mass is 19.1. The van der Waals surface area contributed by atoms with Crippen LogP contribution in [-0.2, 0) is 6.54 Å². The molecule has 0 saturated heterocycles. The Bertz CT molecular complexity index is 836. The molecule has 8 heteroatoms. The number of benzene rings is 1. The molecule has 0 N–H and O–H groups in total. The van der Waals surface area contributed by atoms with Gasteiger partial charge in [-0.3, -0.25) is 14.9 Å². The molecule has 3 rings (SSSR count). The Labute approximate surface area is 137 Å². The number of fused-ring (bicyclic) bond motifs is 1. The minimum absolute atomic E-state index is 0.124. The molecule has 2 aromatic rings. The third-order valence-corrected chi connectivity index (χ3v) is 3.86. The predicted molar refractivity (Wildman–Crippen MR) is 86.1 cm³/mol. The van der Waals surface area contributed by atoms with E-state index >= 15 is 0 Å². The molecule has 0 fully saturated rings. The number of nitro groups is 1. The zero-order chi connectivity index (χ0) is 17.3. The quantitative estimate of drug-likeness (QED) is 0.633. The van der Waals surface area contributed by atoms with E-state index in [0.717, 1.165) is 5.69 Å². The summed E-state index contributed by atoms with van der Waals surface area (Å²) in [5, 5.41) is 10.8. The summed E-state index contributed by atoms with van der Waals surface area (Å²) in [5.41, 5.74) is 0.307. The third-order valence-electron chi connectivity index (χ3n) is 3.86. The van der Waals surface area contributed by atoms with Gasteiger partial charge in [-0.25, -0.2) is 4.39 Å². The highest BCUT2D eigenvalue weighted by Gasteiger charge is 2.23. The first-order valence-electron chi connectivity index (χ1n) is 7.50. The summed E-state index contributed by atoms with van der Waals surface area (Å²) in [4.78, 5) is 24.1. The molecule has 1 aliphatic heterocycles. The lowest BCUT2D eigenvalue weighted by atomic mass is 10.2. The Hall–Kier alpha value is -2.90. The molecule has 0 radical (unpaired) electrons. The first kappa shape index (κ1) is 16.0. The lowest BCUT2D eigenvalue weighted by Gasteiger charge is -2.35. The second-order valence-corrected chi connectivity index (χ2v) is 5.66. The van der Waals surface area contributed by atoms with Gasteiger partial charge in [-0.15, -0.1) is 0 Å². The van der Waals surface area contributed by atoms with Gasteiger partial charge in [-0.05, 0) is 19.1 Å². The van der Waals surface area contributed by atoms with Crippen LogP contribution in [0.3, 0.4) is 0 Å². The van der Waals surface area contributed by atoms with Crippen molar-refractivity contribution in [3.63, 3.8) is 0 Å². The Morgan fingerprint density at radius 2 is 2.12 bits per heavy atom. The summed E-state index contributed by atoms with van der Waals surface area (Å²) in [5.74, 6) is 0.0813. The van der Waals surface area contributed by atoms with Crippen LogP contribution in [0.25, 0.3) is 0 Å². The van der Waals surface area contributed by atoms with Crippen molar-refractivity contribution in [2.45, 2.75) is 19.6 Å². The standard InChI is InChI=1S/C16H16FN3O4/c1-11-9-18(14-4-2-12(17)8-15(14)24-11)6-7-19-10-13(20(22)23)3-5-16(19)21/h2-5,8,10-11H,6-7,9H2,1H3. The first-order valence-corrected chi connectivity index (χ1v) is 7.50. The van der Waals surface area contributed by atoms with Crippen LogP contribution in [0.5, 0.6) is 5.75 Å². The van der Waals surface area contributed by atoms with Crippen LogP contribution in [0.2, 0.25) is 0 Å². The number of rotatable bonds is 4. The van der Waals surface area contributed by atoms with Crippen LogP contribution in [0.15, 0.2) is 41.3 Å². The molecule has 0 amide bonds. The molecule has 7 nitrogen and oxygen atoms in total. The fourth-order valence-electron chi connectivity index (χ4n) is 2.75. The zero-order valence-electron chi connectivity index (χ0n) is 13.0. The van der Waals surface area contributed by atoms with E-state index in [1.807, 2.05) is 11.8 Å². The Balaban J connectivity index is 1.82. The first-order chi connectivity index (χ1) is 11.4. The Kier molecular flexibility index (Phi) is 4.20. The highest BCUT2D eigenvalue weighted by molar-refractivity contribution is 5.60. The van der Waals surface area contributed by atoms with Crippen molar-refractivity contribution < 1.29 is 14.1 Å². The van der Waals surface area contributed by atoms with Gasteiger partial charge < -0.3 is 14.2 Å². The number of pyridine rings is 1. The second-order valence-electron chi connectivity index (χ2n) is 5.66. The molecule has 1 aromatic carbocycles. The molecule has 0 spiro atoms. The lowest BCUT2D eigenvalue weighted by molar-refractivity contribution is -0.385. The maximum Gasteiger partial charge on any atom is 0.285 e. The number of hydrogen-bond donors (Lipinski definition) is 0. The van der Waals surface area contributed by atoms with Gasteiger partial charge in [0.2, 0.25) is 0 Å². The molecule has 1 unspecified atom stereocenters. The summed E-state index contributed by atoms with van der Waals surface area (Å²) < 4.78 is 20.3. The van der Waals surface area contributed by atoms with Gasteiger partial charge in [0, 0.05) is 31.3 Å². The monoisotopic (exact) mass is 333 g/mol. The van der Waals surface area contributed by atoms with Gasteiger partial charge in [-0.2, -0.15) is 0 Å². The molecule has 1 atom stereocenters. The zero-order valence-corrected chi connectivity index (χ0v) is 13.0. The van der Waals surface area contributed by atoms with Gasteiger partial charge in [0.1, 0.15) is 17.7 Å². The molecule has 0 bridgehead atoms. The van der Waals surface area contributed by atoms with E-state index < -0.39 is 4.92 Å². The van der Waals surface area contributed by atoms with Gasteiger partial charge in [-0.1, -0.05) is 0 Å². The number of halogens is 1. The van der Waals surface area contributed by atoms with Crippen LogP contribution in [0.4, 0.5) is 15.8 Å². The van der Waals surface area contributed by atoms with Crippen molar-refractivity contribution >= 4 is 11.4 Å². The van der Waals surface area contributed by atoms with Crippen molar-refractivity contribution in [2.75, 3.05) is 18.0 Å². The predicted octanol–water partition coefficient (Wildman–Crippen LogP) is 2.18. The number of aromatic nitrogens is 1. The Morgan fingerprint density at radius 1 is 1.33 bits per heavy atom. The summed E-state index contributed by atoms with van der Waals surface area (Å²) >= 11 is 0. The van der Waals surface area contributed by atoms with Crippen molar-refractivity contribution in [2.24, 2.45) is 0 Å². The largest absolute Gasteiger partial charge is 0.487 e. The maximum atomic E-state index is 13.4. The van der Waals surface area contributed by atoms with E-state index in [0.29, 0.717) is 18.8 Å². The SMILES string of the molecule is CC1CN(CCn2cc([N+](=O)[O-])ccc2=O)c2ccc(F)cc2O1. The summed E-state index contributed by atoms with van der Waals surface area (Å²) in [6.45, 7) is 3.19. The van der Waals surface area contributed by atoms with E-state index in [4.69, 9.17) is 4.74 Å². The lowest BCUT2D eigenvalue weighted by Crippen LogP contribution is -2.40. The minimum atomic E-state index is -0.537. The van der Waals surface area contributed by atoms with E-state index in [1.54, 1.807) is 6.07 Å². The number of hydrogen-bond acceptors (Lipinski definition) is 5. The average molecular weight is 333 g/mol. The number of nitrogens with zero attached hydrogens (tertiary/aromatic N) is 3. The molecule has 126 valence electrons. The maximum absolute atomic E-state index is 13.4. The Morgan fingerprint density at radius 3 is 2.88 bits per heavy atom.